The van der Waals surface area contributed by atoms with Crippen molar-refractivity contribution in [1.82, 2.24) is 0 Å². The first-order chi connectivity index (χ1) is 10.1. The molecule has 21 heavy (non-hydrogen) atoms. The molecule has 0 spiro atoms. The van der Waals surface area contributed by atoms with Crippen LogP contribution in [-0.4, -0.2) is 5.78 Å². The fraction of sp³-hybridized carbons (Fsp3) is 0.235. The molecule has 0 heterocycles. The monoisotopic (exact) mass is 290 g/mol. The van der Waals surface area contributed by atoms with E-state index in [1.165, 1.54) is 6.42 Å². The number of ketones is 1. The first-order valence-corrected chi connectivity index (χ1v) is 6.85. The molecule has 2 aromatic rings. The Morgan fingerprint density at radius 3 is 2.19 bits per heavy atom. The Kier molecular flexibility index (Phi) is 3.53. The van der Waals surface area contributed by atoms with Crippen LogP contribution in [0.4, 0.5) is 13.2 Å². The van der Waals surface area contributed by atoms with Crippen LogP contribution in [-0.2, 0) is 0 Å². The van der Waals surface area contributed by atoms with Crippen molar-refractivity contribution in [1.29, 1.82) is 0 Å². The predicted octanol–water partition coefficient (Wildman–Crippen LogP) is 4.60. The van der Waals surface area contributed by atoms with Crippen molar-refractivity contribution in [3.8, 4) is 0 Å². The van der Waals surface area contributed by atoms with Gasteiger partial charge >= 0.3 is 0 Å². The first kappa shape index (κ1) is 13.9. The maximum atomic E-state index is 13.2. The van der Waals surface area contributed by atoms with Gasteiger partial charge in [-0.25, -0.2) is 13.2 Å². The number of benzene rings is 2. The molecular weight excluding hydrogens is 277 g/mol. The second kappa shape index (κ2) is 5.35. The summed E-state index contributed by atoms with van der Waals surface area (Å²) in [5.41, 5.74) is 1.25. The smallest absolute Gasteiger partial charge is 0.194 e. The van der Waals surface area contributed by atoms with Crippen molar-refractivity contribution in [2.45, 2.75) is 25.2 Å². The summed E-state index contributed by atoms with van der Waals surface area (Å²) in [5, 5.41) is 0. The zero-order valence-corrected chi connectivity index (χ0v) is 11.2. The summed E-state index contributed by atoms with van der Waals surface area (Å²) in [4.78, 5) is 12.3. The Bertz CT molecular complexity index is 682. The summed E-state index contributed by atoms with van der Waals surface area (Å²) in [6, 6.07) is 8.53. The van der Waals surface area contributed by atoms with E-state index in [0.717, 1.165) is 30.5 Å². The lowest BCUT2D eigenvalue weighted by Gasteiger charge is -2.26. The van der Waals surface area contributed by atoms with E-state index >= 15 is 0 Å². The molecule has 0 radical (unpaired) electrons. The highest BCUT2D eigenvalue weighted by Gasteiger charge is 2.21. The van der Waals surface area contributed by atoms with Gasteiger partial charge in [-0.15, -0.1) is 0 Å². The van der Waals surface area contributed by atoms with Crippen LogP contribution >= 0.6 is 0 Å². The lowest BCUT2D eigenvalue weighted by molar-refractivity contribution is 0.103. The predicted molar refractivity (Wildman–Crippen MR) is 72.8 cm³/mol. The lowest BCUT2D eigenvalue weighted by atomic mass is 9.79. The lowest BCUT2D eigenvalue weighted by Crippen LogP contribution is -2.10. The van der Waals surface area contributed by atoms with Crippen LogP contribution in [0.25, 0.3) is 0 Å². The first-order valence-electron chi connectivity index (χ1n) is 6.85. The Balaban J connectivity index is 1.94. The van der Waals surface area contributed by atoms with Crippen molar-refractivity contribution < 1.29 is 18.0 Å². The summed E-state index contributed by atoms with van der Waals surface area (Å²) in [6.07, 6.45) is 3.37. The number of carbonyl (C=O) groups is 1. The van der Waals surface area contributed by atoms with Crippen LogP contribution in [0.5, 0.6) is 0 Å². The minimum Gasteiger partial charge on any atom is -0.289 e. The van der Waals surface area contributed by atoms with E-state index in [-0.39, 0.29) is 5.56 Å². The molecule has 1 nitrogen and oxygen atoms in total. The van der Waals surface area contributed by atoms with E-state index < -0.39 is 23.2 Å². The SMILES string of the molecule is O=C(c1cccc(C2CCC2)c1)c1cc(F)c(F)c(F)c1. The summed E-state index contributed by atoms with van der Waals surface area (Å²) < 4.78 is 39.4. The van der Waals surface area contributed by atoms with Gasteiger partial charge < -0.3 is 0 Å². The third kappa shape index (κ3) is 2.58. The fourth-order valence-corrected chi connectivity index (χ4v) is 2.53. The van der Waals surface area contributed by atoms with Gasteiger partial charge in [0.15, 0.2) is 23.2 Å². The highest BCUT2D eigenvalue weighted by Crippen LogP contribution is 2.36. The third-order valence-corrected chi connectivity index (χ3v) is 3.97. The minimum atomic E-state index is -1.56. The molecule has 0 aliphatic heterocycles. The molecule has 0 unspecified atom stereocenters. The summed E-state index contributed by atoms with van der Waals surface area (Å²) >= 11 is 0. The minimum absolute atomic E-state index is 0.183. The van der Waals surface area contributed by atoms with E-state index in [9.17, 15) is 18.0 Å². The summed E-state index contributed by atoms with van der Waals surface area (Å²) in [5.74, 6) is -4.31. The van der Waals surface area contributed by atoms with Crippen LogP contribution in [0.2, 0.25) is 0 Å². The molecule has 1 aliphatic carbocycles. The van der Waals surface area contributed by atoms with Crippen LogP contribution in [0.15, 0.2) is 36.4 Å². The molecule has 1 saturated carbocycles. The Labute approximate surface area is 120 Å². The van der Waals surface area contributed by atoms with E-state index in [1.807, 2.05) is 6.07 Å². The van der Waals surface area contributed by atoms with Gasteiger partial charge in [-0.2, -0.15) is 0 Å². The van der Waals surface area contributed by atoms with Gasteiger partial charge in [0.1, 0.15) is 0 Å². The third-order valence-electron chi connectivity index (χ3n) is 3.97. The van der Waals surface area contributed by atoms with E-state index in [4.69, 9.17) is 0 Å². The van der Waals surface area contributed by atoms with Crippen LogP contribution in [0.3, 0.4) is 0 Å². The van der Waals surface area contributed by atoms with Crippen LogP contribution < -0.4 is 0 Å². The average molecular weight is 290 g/mol. The molecule has 0 saturated heterocycles. The molecular formula is C17H13F3O. The van der Waals surface area contributed by atoms with Crippen molar-refractivity contribution in [2.24, 2.45) is 0 Å². The van der Waals surface area contributed by atoms with Gasteiger partial charge in [-0.3, -0.25) is 4.79 Å². The molecule has 0 aromatic heterocycles. The largest absolute Gasteiger partial charge is 0.289 e. The average Bonchev–Trinajstić information content (AvgIpc) is 2.42. The van der Waals surface area contributed by atoms with E-state index in [0.29, 0.717) is 11.5 Å². The Morgan fingerprint density at radius 1 is 0.952 bits per heavy atom. The second-order valence-electron chi connectivity index (χ2n) is 5.34. The zero-order valence-electron chi connectivity index (χ0n) is 11.2. The molecule has 2 aromatic carbocycles. The fourth-order valence-electron chi connectivity index (χ4n) is 2.53. The van der Waals surface area contributed by atoms with Crippen molar-refractivity contribution >= 4 is 5.78 Å². The Morgan fingerprint density at radius 2 is 1.62 bits per heavy atom. The number of halogens is 3. The molecule has 0 N–H and O–H groups in total. The maximum Gasteiger partial charge on any atom is 0.194 e. The second-order valence-corrected chi connectivity index (χ2v) is 5.34. The molecule has 0 atom stereocenters. The molecule has 0 amide bonds. The topological polar surface area (TPSA) is 17.1 Å². The number of hydrogen-bond donors (Lipinski definition) is 0. The summed E-state index contributed by atoms with van der Waals surface area (Å²) in [7, 11) is 0. The maximum absolute atomic E-state index is 13.2. The van der Waals surface area contributed by atoms with Gasteiger partial charge in [-0.1, -0.05) is 24.6 Å². The standard InChI is InChI=1S/C17H13F3O/c18-14-8-13(9-15(19)16(14)20)17(21)12-6-2-5-11(7-12)10-3-1-4-10/h2,5-10H,1,3-4H2. The number of rotatable bonds is 3. The van der Waals surface area contributed by atoms with Crippen molar-refractivity contribution in [3.05, 3.63) is 70.5 Å². The molecule has 4 heteroatoms. The van der Waals surface area contributed by atoms with Crippen molar-refractivity contribution in [2.75, 3.05) is 0 Å². The van der Waals surface area contributed by atoms with Gasteiger partial charge in [-0.05, 0) is 42.5 Å². The highest BCUT2D eigenvalue weighted by molar-refractivity contribution is 6.09. The van der Waals surface area contributed by atoms with Crippen LogP contribution in [0, 0.1) is 17.5 Å². The van der Waals surface area contributed by atoms with E-state index in [2.05, 4.69) is 0 Å². The van der Waals surface area contributed by atoms with Crippen LogP contribution in [0.1, 0.15) is 46.7 Å². The van der Waals surface area contributed by atoms with Gasteiger partial charge in [0.2, 0.25) is 0 Å². The number of hydrogen-bond acceptors (Lipinski definition) is 1. The molecule has 3 rings (SSSR count). The molecule has 1 fully saturated rings. The molecule has 108 valence electrons. The van der Waals surface area contributed by atoms with Gasteiger partial charge in [0, 0.05) is 11.1 Å². The molecule has 1 aliphatic rings. The molecule has 0 bridgehead atoms. The van der Waals surface area contributed by atoms with Gasteiger partial charge in [0.05, 0.1) is 0 Å². The van der Waals surface area contributed by atoms with Gasteiger partial charge in [0.25, 0.3) is 0 Å². The normalized spacial score (nSPS) is 14.8. The van der Waals surface area contributed by atoms with E-state index in [1.54, 1.807) is 18.2 Å². The quantitative estimate of drug-likeness (QED) is 0.596. The zero-order chi connectivity index (χ0) is 15.0. The Hall–Kier alpha value is -2.10. The van der Waals surface area contributed by atoms with Crippen molar-refractivity contribution in [3.63, 3.8) is 0 Å². The number of carbonyl (C=O) groups excluding carboxylic acids is 1. The highest BCUT2D eigenvalue weighted by atomic mass is 19.2. The summed E-state index contributed by atoms with van der Waals surface area (Å²) in [6.45, 7) is 0.